The number of pyridine rings is 3. The van der Waals surface area contributed by atoms with Crippen molar-refractivity contribution in [3.05, 3.63) is 60.1 Å². The van der Waals surface area contributed by atoms with E-state index in [2.05, 4.69) is 30.0 Å². The van der Waals surface area contributed by atoms with Crippen molar-refractivity contribution >= 4 is 33.4 Å². The molecule has 6 aromatic rings. The van der Waals surface area contributed by atoms with E-state index < -0.39 is 0 Å². The normalized spacial score (nSPS) is 11.7. The van der Waals surface area contributed by atoms with Gasteiger partial charge in [-0.3, -0.25) is 15.1 Å². The molecule has 0 spiro atoms. The van der Waals surface area contributed by atoms with Crippen molar-refractivity contribution in [1.82, 2.24) is 40.0 Å². The summed E-state index contributed by atoms with van der Waals surface area (Å²) in [4.78, 5) is 24.5. The molecule has 11 heteroatoms. The van der Waals surface area contributed by atoms with Gasteiger partial charge < -0.3 is 14.6 Å². The second-order valence-electron chi connectivity index (χ2n) is 8.47. The van der Waals surface area contributed by atoms with Gasteiger partial charge in [0.05, 0.1) is 27.8 Å². The largest absolute Gasteiger partial charge is 0.491 e. The number of hydrogen-bond acceptors (Lipinski definition) is 8. The number of fused-ring (bicyclic) bond motifs is 2. The van der Waals surface area contributed by atoms with Crippen molar-refractivity contribution < 1.29 is 9.13 Å². The summed E-state index contributed by atoms with van der Waals surface area (Å²) in [7, 11) is 4.00. The van der Waals surface area contributed by atoms with Crippen LogP contribution < -0.4 is 4.74 Å². The third kappa shape index (κ3) is 4.18. The number of aromatic amines is 2. The molecule has 0 radical (unpaired) electrons. The third-order valence-electron chi connectivity index (χ3n) is 5.66. The fourth-order valence-electron chi connectivity index (χ4n) is 3.88. The topological polar surface area (TPSA) is 109 Å². The van der Waals surface area contributed by atoms with Crippen LogP contribution in [0.4, 0.5) is 4.39 Å². The second-order valence-corrected chi connectivity index (χ2v) is 9.50. The molecule has 0 aliphatic heterocycles. The van der Waals surface area contributed by atoms with Crippen molar-refractivity contribution in [1.29, 1.82) is 0 Å². The number of hydrogen-bond donors (Lipinski definition) is 2. The number of H-pyrrole nitrogens is 2. The lowest BCUT2D eigenvalue weighted by Crippen LogP contribution is -2.19. The van der Waals surface area contributed by atoms with Gasteiger partial charge in [-0.1, -0.05) is 0 Å². The molecule has 0 amide bonds. The van der Waals surface area contributed by atoms with Gasteiger partial charge in [0.25, 0.3) is 0 Å². The van der Waals surface area contributed by atoms with Gasteiger partial charge >= 0.3 is 0 Å². The standard InChI is InChI=1S/C25H21FN8OS/c1-34(2)9-10-35-15-11-14(12-27-13-15)16-3-4-18-22(29-16)24(33-32-18)25-30-17-7-8-28-23(21(17)31-25)19-5-6-20(26)36-19/h3-8,11-13H,9-10H2,1-2H3,(H,30,31)(H,32,33). The molecule has 0 aliphatic carbocycles. The number of likely N-dealkylation sites (N-methyl/N-ethyl adjacent to an activating group) is 1. The summed E-state index contributed by atoms with van der Waals surface area (Å²) in [6.07, 6.45) is 5.13. The highest BCUT2D eigenvalue weighted by Crippen LogP contribution is 2.33. The molecule has 0 aliphatic rings. The average Bonchev–Trinajstić information content (AvgIpc) is 3.61. The monoisotopic (exact) mass is 500 g/mol. The number of ether oxygens (including phenoxy) is 1. The van der Waals surface area contributed by atoms with Gasteiger partial charge in [0.1, 0.15) is 29.1 Å². The number of imidazole rings is 1. The van der Waals surface area contributed by atoms with Crippen molar-refractivity contribution in [2.24, 2.45) is 0 Å². The maximum Gasteiger partial charge on any atom is 0.177 e. The Bertz CT molecular complexity index is 1690. The first-order valence-electron chi connectivity index (χ1n) is 11.2. The summed E-state index contributed by atoms with van der Waals surface area (Å²) in [5.41, 5.74) is 5.65. The van der Waals surface area contributed by atoms with Gasteiger partial charge in [0.2, 0.25) is 0 Å². The number of aromatic nitrogens is 7. The van der Waals surface area contributed by atoms with Gasteiger partial charge in [0, 0.05) is 24.5 Å². The molecule has 180 valence electrons. The number of thiophene rings is 1. The molecule has 0 bridgehead atoms. The molecular weight excluding hydrogens is 479 g/mol. The number of halogens is 1. The van der Waals surface area contributed by atoms with Crippen LogP contribution in [0.25, 0.3) is 55.4 Å². The summed E-state index contributed by atoms with van der Waals surface area (Å²) in [5, 5.41) is 7.23. The number of nitrogens with zero attached hydrogens (tertiary/aromatic N) is 6. The van der Waals surface area contributed by atoms with Crippen LogP contribution in [0.5, 0.6) is 5.75 Å². The van der Waals surface area contributed by atoms with Crippen LogP contribution in [-0.4, -0.2) is 67.3 Å². The van der Waals surface area contributed by atoms with E-state index in [9.17, 15) is 4.39 Å². The molecule has 9 nitrogen and oxygen atoms in total. The van der Waals surface area contributed by atoms with Crippen molar-refractivity contribution in [2.45, 2.75) is 0 Å². The lowest BCUT2D eigenvalue weighted by atomic mass is 10.1. The van der Waals surface area contributed by atoms with Gasteiger partial charge in [-0.25, -0.2) is 9.97 Å². The van der Waals surface area contributed by atoms with E-state index in [1.807, 2.05) is 38.4 Å². The van der Waals surface area contributed by atoms with Gasteiger partial charge in [0.15, 0.2) is 16.6 Å². The lowest BCUT2D eigenvalue weighted by Gasteiger charge is -2.11. The van der Waals surface area contributed by atoms with Gasteiger partial charge in [-0.2, -0.15) is 9.49 Å². The maximum absolute atomic E-state index is 13.6. The average molecular weight is 501 g/mol. The fraction of sp³-hybridized carbons (Fsp3) is 0.160. The predicted molar refractivity (Wildman–Crippen MR) is 137 cm³/mol. The lowest BCUT2D eigenvalue weighted by molar-refractivity contribution is 0.261. The molecule has 0 saturated carbocycles. The molecule has 0 fully saturated rings. The molecular formula is C25H21FN8OS. The van der Waals surface area contributed by atoms with Gasteiger partial charge in [-0.05, 0) is 50.5 Å². The summed E-state index contributed by atoms with van der Waals surface area (Å²) >= 11 is 1.04. The SMILES string of the molecule is CN(C)CCOc1cncc(-c2ccc3[nH]nc(-c4nc5c(-c6ccc(F)s6)nccc5[nH]4)c3n2)c1. The third-order valence-corrected chi connectivity index (χ3v) is 6.54. The Balaban J connectivity index is 1.37. The van der Waals surface area contributed by atoms with Crippen LogP contribution in [0.3, 0.4) is 0 Å². The number of nitrogens with one attached hydrogen (secondary N) is 2. The van der Waals surface area contributed by atoms with E-state index in [-0.39, 0.29) is 5.13 Å². The molecule has 0 aromatic carbocycles. The van der Waals surface area contributed by atoms with Crippen molar-refractivity contribution in [2.75, 3.05) is 27.2 Å². The minimum Gasteiger partial charge on any atom is -0.491 e. The second kappa shape index (κ2) is 9.10. The highest BCUT2D eigenvalue weighted by molar-refractivity contribution is 7.13. The first kappa shape index (κ1) is 22.3. The smallest absolute Gasteiger partial charge is 0.177 e. The Labute approximate surface area is 209 Å². The molecule has 36 heavy (non-hydrogen) atoms. The Morgan fingerprint density at radius 3 is 2.72 bits per heavy atom. The van der Waals surface area contributed by atoms with E-state index in [1.165, 1.54) is 6.07 Å². The quantitative estimate of drug-likeness (QED) is 0.325. The molecule has 6 rings (SSSR count). The van der Waals surface area contributed by atoms with Crippen LogP contribution in [0.15, 0.2) is 55.0 Å². The Morgan fingerprint density at radius 2 is 1.89 bits per heavy atom. The van der Waals surface area contributed by atoms with Crippen LogP contribution in [0, 0.1) is 5.13 Å². The van der Waals surface area contributed by atoms with E-state index >= 15 is 0 Å². The zero-order valence-corrected chi connectivity index (χ0v) is 20.3. The van der Waals surface area contributed by atoms with Gasteiger partial charge in [-0.15, -0.1) is 11.3 Å². The number of rotatable bonds is 7. The molecule has 6 aromatic heterocycles. The minimum absolute atomic E-state index is 0.267. The molecule has 2 N–H and O–H groups in total. The van der Waals surface area contributed by atoms with E-state index in [0.717, 1.165) is 40.2 Å². The van der Waals surface area contributed by atoms with Crippen molar-refractivity contribution in [3.8, 4) is 39.1 Å². The Morgan fingerprint density at radius 1 is 1.00 bits per heavy atom. The van der Waals surface area contributed by atoms with Crippen LogP contribution in [0.1, 0.15) is 0 Å². The van der Waals surface area contributed by atoms with E-state index in [0.29, 0.717) is 45.5 Å². The molecule has 6 heterocycles. The van der Waals surface area contributed by atoms with E-state index in [4.69, 9.17) is 14.7 Å². The minimum atomic E-state index is -0.267. The molecule has 0 unspecified atom stereocenters. The Kier molecular flexibility index (Phi) is 5.62. The fourth-order valence-corrected chi connectivity index (χ4v) is 4.61. The summed E-state index contributed by atoms with van der Waals surface area (Å²) in [5.74, 6) is 1.23. The summed E-state index contributed by atoms with van der Waals surface area (Å²) < 4.78 is 19.5. The van der Waals surface area contributed by atoms with E-state index in [1.54, 1.807) is 24.7 Å². The maximum atomic E-state index is 13.6. The highest BCUT2D eigenvalue weighted by Gasteiger charge is 2.18. The van der Waals surface area contributed by atoms with Crippen molar-refractivity contribution in [3.63, 3.8) is 0 Å². The Hall–Kier alpha value is -4.22. The zero-order chi connectivity index (χ0) is 24.6. The van der Waals surface area contributed by atoms with Crippen LogP contribution >= 0.6 is 11.3 Å². The summed E-state index contributed by atoms with van der Waals surface area (Å²) in [6, 6.07) is 10.7. The van der Waals surface area contributed by atoms with Crippen LogP contribution in [0.2, 0.25) is 0 Å². The predicted octanol–water partition coefficient (Wildman–Crippen LogP) is 4.77. The molecule has 0 saturated heterocycles. The van der Waals surface area contributed by atoms with Crippen LogP contribution in [-0.2, 0) is 0 Å². The first-order chi connectivity index (χ1) is 17.5. The zero-order valence-electron chi connectivity index (χ0n) is 19.5. The first-order valence-corrected chi connectivity index (χ1v) is 12.1. The summed E-state index contributed by atoms with van der Waals surface area (Å²) in [6.45, 7) is 1.38. The highest BCUT2D eigenvalue weighted by atomic mass is 32.1. The molecule has 0 atom stereocenters.